The fourth-order valence-electron chi connectivity index (χ4n) is 0.917. The van der Waals surface area contributed by atoms with Crippen molar-refractivity contribution in [2.24, 2.45) is 17.2 Å². The van der Waals surface area contributed by atoms with Gasteiger partial charge in [-0.05, 0) is 12.8 Å². The molecule has 1 aliphatic carbocycles. The zero-order valence-corrected chi connectivity index (χ0v) is 4.22. The van der Waals surface area contributed by atoms with E-state index in [1.54, 1.807) is 0 Å². The van der Waals surface area contributed by atoms with Crippen molar-refractivity contribution in [3.63, 3.8) is 0 Å². The van der Waals surface area contributed by atoms with E-state index in [-0.39, 0.29) is 6.04 Å². The van der Waals surface area contributed by atoms with Gasteiger partial charge in [0.15, 0.2) is 0 Å². The van der Waals surface area contributed by atoms with Crippen molar-refractivity contribution in [2.45, 2.75) is 24.5 Å². The van der Waals surface area contributed by atoms with Crippen LogP contribution in [0.1, 0.15) is 12.8 Å². The summed E-state index contributed by atoms with van der Waals surface area (Å²) in [5.74, 6) is 0. The minimum atomic E-state index is -0.431. The van der Waals surface area contributed by atoms with Crippen LogP contribution in [0.4, 0.5) is 0 Å². The van der Waals surface area contributed by atoms with Gasteiger partial charge in [0.05, 0.1) is 5.66 Å². The molecule has 0 atom stereocenters. The second-order valence-electron chi connectivity index (χ2n) is 2.40. The Labute approximate surface area is 42.8 Å². The second-order valence-corrected chi connectivity index (χ2v) is 2.40. The van der Waals surface area contributed by atoms with Gasteiger partial charge in [-0.1, -0.05) is 0 Å². The molecular weight excluding hydrogens is 90.1 g/mol. The van der Waals surface area contributed by atoms with Crippen LogP contribution in [0, 0.1) is 0 Å². The summed E-state index contributed by atoms with van der Waals surface area (Å²) < 4.78 is 0. The Morgan fingerprint density at radius 3 is 1.71 bits per heavy atom. The lowest BCUT2D eigenvalue weighted by atomic mass is 9.82. The van der Waals surface area contributed by atoms with Gasteiger partial charge in [-0.15, -0.1) is 0 Å². The molecule has 0 aromatic carbocycles. The average molecular weight is 101 g/mol. The van der Waals surface area contributed by atoms with Gasteiger partial charge in [-0.25, -0.2) is 0 Å². The third kappa shape index (κ3) is 0.907. The Hall–Kier alpha value is -0.120. The van der Waals surface area contributed by atoms with Crippen LogP contribution in [0.2, 0.25) is 0 Å². The smallest absolute Gasteiger partial charge is 0.0666 e. The maximum absolute atomic E-state index is 5.41. The highest BCUT2D eigenvalue weighted by molar-refractivity contribution is 4.95. The Morgan fingerprint density at radius 1 is 1.29 bits per heavy atom. The first-order chi connectivity index (χ1) is 3.10. The van der Waals surface area contributed by atoms with Gasteiger partial charge in [0.2, 0.25) is 0 Å². The van der Waals surface area contributed by atoms with Gasteiger partial charge in [-0.3, -0.25) is 0 Å². The van der Waals surface area contributed by atoms with Gasteiger partial charge in [-0.2, -0.15) is 0 Å². The Bertz CT molecular complexity index is 71.0. The van der Waals surface area contributed by atoms with Gasteiger partial charge >= 0.3 is 0 Å². The largest absolute Gasteiger partial charge is 0.327 e. The number of hydrogen-bond acceptors (Lipinski definition) is 3. The molecule has 1 aliphatic rings. The van der Waals surface area contributed by atoms with Crippen molar-refractivity contribution in [2.75, 3.05) is 0 Å². The zero-order chi connectivity index (χ0) is 5.49. The van der Waals surface area contributed by atoms with Crippen molar-refractivity contribution < 1.29 is 0 Å². The maximum atomic E-state index is 5.41. The summed E-state index contributed by atoms with van der Waals surface area (Å²) in [6, 6.07) is 0.259. The number of nitrogens with two attached hydrogens (primary N) is 3. The monoisotopic (exact) mass is 101 g/mol. The molecule has 0 amide bonds. The lowest BCUT2D eigenvalue weighted by Crippen LogP contribution is -2.63. The lowest BCUT2D eigenvalue weighted by molar-refractivity contribution is 0.217. The molecule has 6 N–H and O–H groups in total. The molecule has 0 spiro atoms. The van der Waals surface area contributed by atoms with Crippen molar-refractivity contribution in [1.82, 2.24) is 0 Å². The molecule has 1 saturated carbocycles. The summed E-state index contributed by atoms with van der Waals surface area (Å²) in [7, 11) is 0. The summed E-state index contributed by atoms with van der Waals surface area (Å²) in [5.41, 5.74) is 15.8. The minimum Gasteiger partial charge on any atom is -0.327 e. The summed E-state index contributed by atoms with van der Waals surface area (Å²) >= 11 is 0. The normalized spacial score (nSPS) is 29.6. The molecular formula is C4H11N3. The third-order valence-electron chi connectivity index (χ3n) is 1.28. The van der Waals surface area contributed by atoms with Gasteiger partial charge in [0.1, 0.15) is 0 Å². The molecule has 0 bridgehead atoms. The number of rotatable bonds is 0. The van der Waals surface area contributed by atoms with Crippen LogP contribution in [0.15, 0.2) is 0 Å². The molecule has 3 heteroatoms. The summed E-state index contributed by atoms with van der Waals surface area (Å²) in [5, 5.41) is 0. The molecule has 0 heterocycles. The molecule has 1 rings (SSSR count). The topological polar surface area (TPSA) is 78.1 Å². The van der Waals surface area contributed by atoms with Crippen LogP contribution in [0.5, 0.6) is 0 Å². The molecule has 7 heavy (non-hydrogen) atoms. The van der Waals surface area contributed by atoms with Crippen molar-refractivity contribution >= 4 is 0 Å². The minimum absolute atomic E-state index is 0.259. The van der Waals surface area contributed by atoms with Crippen molar-refractivity contribution in [3.8, 4) is 0 Å². The van der Waals surface area contributed by atoms with Crippen LogP contribution in [0.3, 0.4) is 0 Å². The van der Waals surface area contributed by atoms with E-state index in [9.17, 15) is 0 Å². The van der Waals surface area contributed by atoms with E-state index in [1.807, 2.05) is 0 Å². The predicted molar refractivity (Wildman–Crippen MR) is 28.3 cm³/mol. The quantitative estimate of drug-likeness (QED) is 0.333. The van der Waals surface area contributed by atoms with Gasteiger partial charge in [0, 0.05) is 6.04 Å². The van der Waals surface area contributed by atoms with E-state index < -0.39 is 5.66 Å². The molecule has 0 aromatic rings. The maximum Gasteiger partial charge on any atom is 0.0666 e. The molecule has 0 aromatic heterocycles. The molecule has 0 unspecified atom stereocenters. The first-order valence-corrected chi connectivity index (χ1v) is 2.43. The van der Waals surface area contributed by atoms with Crippen LogP contribution in [0.25, 0.3) is 0 Å². The van der Waals surface area contributed by atoms with E-state index in [0.717, 1.165) is 12.8 Å². The Kier molecular flexibility index (Phi) is 0.849. The first-order valence-electron chi connectivity index (χ1n) is 2.43. The predicted octanol–water partition coefficient (Wildman–Crippen LogP) is -1.28. The summed E-state index contributed by atoms with van der Waals surface area (Å²) in [6.45, 7) is 0. The van der Waals surface area contributed by atoms with Gasteiger partial charge in [0.25, 0.3) is 0 Å². The highest BCUT2D eigenvalue weighted by Crippen LogP contribution is 2.21. The SMILES string of the molecule is NC1CC(N)(N)C1. The van der Waals surface area contributed by atoms with E-state index in [4.69, 9.17) is 17.2 Å². The fraction of sp³-hybridized carbons (Fsp3) is 1.00. The Balaban J connectivity index is 2.29. The molecule has 0 radical (unpaired) electrons. The molecule has 3 nitrogen and oxygen atoms in total. The highest BCUT2D eigenvalue weighted by atomic mass is 15.0. The van der Waals surface area contributed by atoms with Crippen LogP contribution < -0.4 is 17.2 Å². The average Bonchev–Trinajstić information content (AvgIpc) is 1.27. The van der Waals surface area contributed by atoms with Crippen molar-refractivity contribution in [1.29, 1.82) is 0 Å². The molecule has 1 fully saturated rings. The third-order valence-corrected chi connectivity index (χ3v) is 1.28. The molecule has 42 valence electrons. The van der Waals surface area contributed by atoms with Gasteiger partial charge < -0.3 is 17.2 Å². The first kappa shape index (κ1) is 5.03. The second kappa shape index (κ2) is 1.18. The highest BCUT2D eigenvalue weighted by Gasteiger charge is 2.34. The van der Waals surface area contributed by atoms with E-state index in [1.165, 1.54) is 0 Å². The van der Waals surface area contributed by atoms with Crippen LogP contribution in [-0.4, -0.2) is 11.7 Å². The van der Waals surface area contributed by atoms with Crippen molar-refractivity contribution in [3.05, 3.63) is 0 Å². The Morgan fingerprint density at radius 2 is 1.71 bits per heavy atom. The summed E-state index contributed by atoms with van der Waals surface area (Å²) in [4.78, 5) is 0. The summed E-state index contributed by atoms with van der Waals surface area (Å²) in [6.07, 6.45) is 1.54. The molecule has 0 aliphatic heterocycles. The van der Waals surface area contributed by atoms with Crippen LogP contribution >= 0.6 is 0 Å². The van der Waals surface area contributed by atoms with E-state index >= 15 is 0 Å². The lowest BCUT2D eigenvalue weighted by Gasteiger charge is -2.39. The fourth-order valence-corrected chi connectivity index (χ4v) is 0.917. The van der Waals surface area contributed by atoms with E-state index in [0.29, 0.717) is 0 Å². The number of hydrogen-bond donors (Lipinski definition) is 3. The van der Waals surface area contributed by atoms with Crippen LogP contribution in [-0.2, 0) is 0 Å². The van der Waals surface area contributed by atoms with E-state index in [2.05, 4.69) is 0 Å². The zero-order valence-electron chi connectivity index (χ0n) is 4.22. The standard InChI is InChI=1S/C4H11N3/c5-3-1-4(6,7)2-3/h3H,1-2,5-7H2. The molecule has 0 saturated heterocycles.